The third-order valence-electron chi connectivity index (χ3n) is 4.23. The summed E-state index contributed by atoms with van der Waals surface area (Å²) in [6.45, 7) is 7.58. The summed E-state index contributed by atoms with van der Waals surface area (Å²) in [5.74, 6) is 1.87. The molecule has 0 aliphatic carbocycles. The second kappa shape index (κ2) is 13.9. The number of thioether (sulfide) groups is 1. The third-order valence-corrected chi connectivity index (χ3v) is 5.50. The molecule has 0 atom stereocenters. The monoisotopic (exact) mass is 511 g/mol. The summed E-state index contributed by atoms with van der Waals surface area (Å²) in [5.41, 5.74) is 0. The molecule has 1 fully saturated rings. The molecule has 0 spiro atoms. The van der Waals surface area contributed by atoms with Gasteiger partial charge in [0.05, 0.1) is 0 Å². The molecular weight excluding hydrogens is 481 g/mol. The lowest BCUT2D eigenvalue weighted by molar-refractivity contribution is 0.280. The molecule has 2 rings (SSSR count). The van der Waals surface area contributed by atoms with Crippen LogP contribution in [0.4, 0.5) is 0 Å². The Bertz CT molecular complexity index is 529. The van der Waals surface area contributed by atoms with Crippen LogP contribution in [0.25, 0.3) is 0 Å². The van der Waals surface area contributed by atoms with Gasteiger partial charge in [0.25, 0.3) is 0 Å². The number of halogens is 2. The molecule has 2 N–H and O–H groups in total. The highest BCUT2D eigenvalue weighted by molar-refractivity contribution is 14.0. The molecule has 1 aliphatic heterocycles. The second-order valence-corrected chi connectivity index (χ2v) is 7.83. The highest BCUT2D eigenvalue weighted by Crippen LogP contribution is 2.19. The summed E-state index contributed by atoms with van der Waals surface area (Å²) in [6.07, 6.45) is 1.26. The Hall–Kier alpha value is -0.220. The first kappa shape index (κ1) is 23.8. The number of aliphatic imine (C=N–C) groups is 1. The number of likely N-dealkylation sites (N-methyl/N-ethyl adjacent to an activating group) is 1. The van der Waals surface area contributed by atoms with E-state index in [4.69, 9.17) is 11.6 Å². The number of nitrogens with zero attached hydrogens (tertiary/aromatic N) is 3. The Balaban J connectivity index is 0.00000338. The molecule has 0 radical (unpaired) electrons. The van der Waals surface area contributed by atoms with Crippen molar-refractivity contribution in [3.8, 4) is 0 Å². The Morgan fingerprint density at radius 1 is 1.12 bits per heavy atom. The minimum Gasteiger partial charge on any atom is -0.356 e. The SMILES string of the molecule is CN=C(NCCSc1ccc(Cl)cc1)NCCN1CCCN(C)CC1.I. The van der Waals surface area contributed by atoms with Gasteiger partial charge in [-0.2, -0.15) is 0 Å². The zero-order valence-electron chi connectivity index (χ0n) is 15.7. The number of guanidine groups is 1. The van der Waals surface area contributed by atoms with Gasteiger partial charge in [0.15, 0.2) is 5.96 Å². The van der Waals surface area contributed by atoms with E-state index in [1.165, 1.54) is 24.4 Å². The fourth-order valence-corrected chi connectivity index (χ4v) is 3.64. The molecule has 0 bridgehead atoms. The van der Waals surface area contributed by atoms with Gasteiger partial charge >= 0.3 is 0 Å². The molecule has 26 heavy (non-hydrogen) atoms. The lowest BCUT2D eigenvalue weighted by Gasteiger charge is -2.21. The number of hydrogen-bond donors (Lipinski definition) is 2. The van der Waals surface area contributed by atoms with E-state index < -0.39 is 0 Å². The number of rotatable bonds is 7. The van der Waals surface area contributed by atoms with Crippen LogP contribution in [-0.4, -0.2) is 81.4 Å². The van der Waals surface area contributed by atoms with Crippen LogP contribution >= 0.6 is 47.3 Å². The lowest BCUT2D eigenvalue weighted by Crippen LogP contribution is -2.42. The molecule has 1 saturated heterocycles. The molecule has 0 unspecified atom stereocenters. The van der Waals surface area contributed by atoms with E-state index >= 15 is 0 Å². The van der Waals surface area contributed by atoms with E-state index in [2.05, 4.69) is 44.6 Å². The molecule has 1 aromatic carbocycles. The minimum atomic E-state index is 0. The fourth-order valence-electron chi connectivity index (χ4n) is 2.75. The first-order chi connectivity index (χ1) is 12.2. The van der Waals surface area contributed by atoms with Crippen LogP contribution in [0.5, 0.6) is 0 Å². The van der Waals surface area contributed by atoms with Crippen molar-refractivity contribution in [1.82, 2.24) is 20.4 Å². The molecule has 5 nitrogen and oxygen atoms in total. The average Bonchev–Trinajstić information content (AvgIpc) is 2.83. The van der Waals surface area contributed by atoms with E-state index in [-0.39, 0.29) is 24.0 Å². The summed E-state index contributed by atoms with van der Waals surface area (Å²) in [4.78, 5) is 10.5. The van der Waals surface area contributed by atoms with Gasteiger partial charge in [-0.05, 0) is 50.8 Å². The van der Waals surface area contributed by atoms with E-state index in [1.54, 1.807) is 0 Å². The smallest absolute Gasteiger partial charge is 0.191 e. The van der Waals surface area contributed by atoms with Gasteiger partial charge in [0.1, 0.15) is 0 Å². The Morgan fingerprint density at radius 2 is 1.85 bits per heavy atom. The molecule has 8 heteroatoms. The Kier molecular flexibility index (Phi) is 12.7. The third kappa shape index (κ3) is 9.64. The van der Waals surface area contributed by atoms with Crippen LogP contribution in [0.3, 0.4) is 0 Å². The van der Waals surface area contributed by atoms with Crippen molar-refractivity contribution in [3.05, 3.63) is 29.3 Å². The maximum absolute atomic E-state index is 5.90. The van der Waals surface area contributed by atoms with Crippen molar-refractivity contribution in [1.29, 1.82) is 0 Å². The predicted octanol–water partition coefficient (Wildman–Crippen LogP) is 2.85. The van der Waals surface area contributed by atoms with Crippen molar-refractivity contribution < 1.29 is 0 Å². The van der Waals surface area contributed by atoms with Crippen molar-refractivity contribution in [2.45, 2.75) is 11.3 Å². The topological polar surface area (TPSA) is 42.9 Å². The maximum Gasteiger partial charge on any atom is 0.191 e. The molecular formula is C18H31ClIN5S. The maximum atomic E-state index is 5.90. The normalized spacial score (nSPS) is 16.7. The molecule has 0 aromatic heterocycles. The summed E-state index contributed by atoms with van der Waals surface area (Å²) in [7, 11) is 4.03. The van der Waals surface area contributed by atoms with Crippen molar-refractivity contribution >= 4 is 53.3 Å². The number of benzene rings is 1. The number of hydrogen-bond acceptors (Lipinski definition) is 4. The number of nitrogens with one attached hydrogen (secondary N) is 2. The Labute approximate surface area is 184 Å². The lowest BCUT2D eigenvalue weighted by atomic mass is 10.4. The highest BCUT2D eigenvalue weighted by atomic mass is 127. The zero-order chi connectivity index (χ0) is 17.9. The molecule has 0 saturated carbocycles. The van der Waals surface area contributed by atoms with Crippen molar-refractivity contribution in [3.63, 3.8) is 0 Å². The molecule has 1 aliphatic rings. The second-order valence-electron chi connectivity index (χ2n) is 6.23. The van der Waals surface area contributed by atoms with Crippen LogP contribution < -0.4 is 10.6 Å². The summed E-state index contributed by atoms with van der Waals surface area (Å²) >= 11 is 7.72. The Morgan fingerprint density at radius 3 is 2.58 bits per heavy atom. The standard InChI is InChI=1S/C18H30ClN5S.HI/c1-20-18(21-8-12-24-11-3-10-23(2)13-14-24)22-9-15-25-17-6-4-16(19)5-7-17;/h4-7H,3,8-15H2,1-2H3,(H2,20,21,22);1H. The minimum absolute atomic E-state index is 0. The van der Waals surface area contributed by atoms with Gasteiger partial charge in [-0.3, -0.25) is 4.99 Å². The van der Waals surface area contributed by atoms with Gasteiger partial charge in [-0.15, -0.1) is 35.7 Å². The van der Waals surface area contributed by atoms with Crippen LogP contribution in [-0.2, 0) is 0 Å². The van der Waals surface area contributed by atoms with Crippen LogP contribution in [0.15, 0.2) is 34.2 Å². The molecule has 148 valence electrons. The summed E-state index contributed by atoms with van der Waals surface area (Å²) < 4.78 is 0. The van der Waals surface area contributed by atoms with Crippen LogP contribution in [0.2, 0.25) is 5.02 Å². The summed E-state index contributed by atoms with van der Waals surface area (Å²) in [5, 5.41) is 7.57. The van der Waals surface area contributed by atoms with Crippen LogP contribution in [0, 0.1) is 0 Å². The predicted molar refractivity (Wildman–Crippen MR) is 126 cm³/mol. The fraction of sp³-hybridized carbons (Fsp3) is 0.611. The molecule has 1 aromatic rings. The first-order valence-corrected chi connectivity index (χ1v) is 10.3. The van der Waals surface area contributed by atoms with Gasteiger partial charge < -0.3 is 20.4 Å². The first-order valence-electron chi connectivity index (χ1n) is 8.91. The largest absolute Gasteiger partial charge is 0.356 e. The van der Waals surface area contributed by atoms with Gasteiger partial charge in [0.2, 0.25) is 0 Å². The van der Waals surface area contributed by atoms with E-state index in [1.807, 2.05) is 30.9 Å². The van der Waals surface area contributed by atoms with Crippen molar-refractivity contribution in [2.75, 3.05) is 65.7 Å². The van der Waals surface area contributed by atoms with Gasteiger partial charge in [-0.1, -0.05) is 11.6 Å². The molecule has 1 heterocycles. The van der Waals surface area contributed by atoms with Gasteiger partial charge in [-0.25, -0.2) is 0 Å². The van der Waals surface area contributed by atoms with Crippen molar-refractivity contribution in [2.24, 2.45) is 4.99 Å². The van der Waals surface area contributed by atoms with E-state index in [0.717, 1.165) is 49.5 Å². The highest BCUT2D eigenvalue weighted by Gasteiger charge is 2.11. The average molecular weight is 512 g/mol. The van der Waals surface area contributed by atoms with E-state index in [0.29, 0.717) is 0 Å². The van der Waals surface area contributed by atoms with Crippen LogP contribution in [0.1, 0.15) is 6.42 Å². The zero-order valence-corrected chi connectivity index (χ0v) is 19.6. The summed E-state index contributed by atoms with van der Waals surface area (Å²) in [6, 6.07) is 7.97. The van der Waals surface area contributed by atoms with Gasteiger partial charge in [0, 0.05) is 55.4 Å². The quantitative estimate of drug-likeness (QED) is 0.194. The van der Waals surface area contributed by atoms with E-state index in [9.17, 15) is 0 Å². The molecule has 0 amide bonds.